The fourth-order valence-electron chi connectivity index (χ4n) is 4.70. The number of rotatable bonds is 3. The van der Waals surface area contributed by atoms with Gasteiger partial charge in [-0.3, -0.25) is 9.59 Å². The minimum absolute atomic E-state index is 0.0193. The molecule has 0 saturated carbocycles. The first kappa shape index (κ1) is 24.1. The molecule has 0 aromatic heterocycles. The van der Waals surface area contributed by atoms with E-state index in [1.54, 1.807) is 31.2 Å². The summed E-state index contributed by atoms with van der Waals surface area (Å²) in [5.74, 6) is -1.30. The number of dihydropyridines is 1. The zero-order valence-corrected chi connectivity index (χ0v) is 19.7. The van der Waals surface area contributed by atoms with Crippen molar-refractivity contribution in [2.45, 2.75) is 45.7 Å². The fourth-order valence-corrected chi connectivity index (χ4v) is 4.82. The number of anilines is 1. The average Bonchev–Trinajstić information content (AvgIpc) is 2.72. The average molecular weight is 489 g/mol. The van der Waals surface area contributed by atoms with Crippen LogP contribution in [-0.4, -0.2) is 11.7 Å². The number of hydrogen-bond donors (Lipinski definition) is 2. The van der Waals surface area contributed by atoms with Crippen molar-refractivity contribution in [2.24, 2.45) is 5.41 Å². The van der Waals surface area contributed by atoms with Crippen LogP contribution in [0, 0.1) is 5.41 Å². The number of carbonyl (C=O) groups is 2. The Balaban J connectivity index is 1.77. The lowest BCUT2D eigenvalue weighted by molar-refractivity contribution is -0.137. The molecule has 0 bridgehead atoms. The van der Waals surface area contributed by atoms with Crippen LogP contribution in [0.3, 0.4) is 0 Å². The molecule has 4 nitrogen and oxygen atoms in total. The molecule has 2 aromatic carbocycles. The highest BCUT2D eigenvalue weighted by molar-refractivity contribution is 6.30. The summed E-state index contributed by atoms with van der Waals surface area (Å²) in [7, 11) is 0. The van der Waals surface area contributed by atoms with Gasteiger partial charge in [-0.1, -0.05) is 43.6 Å². The number of ketones is 1. The van der Waals surface area contributed by atoms with E-state index in [0.717, 1.165) is 17.8 Å². The Morgan fingerprint density at radius 3 is 2.44 bits per heavy atom. The highest BCUT2D eigenvalue weighted by Gasteiger charge is 2.42. The predicted molar refractivity (Wildman–Crippen MR) is 125 cm³/mol. The summed E-state index contributed by atoms with van der Waals surface area (Å²) in [5.41, 5.74) is 1.76. The van der Waals surface area contributed by atoms with Crippen molar-refractivity contribution in [3.05, 3.63) is 87.2 Å². The van der Waals surface area contributed by atoms with E-state index in [0.29, 0.717) is 34.7 Å². The summed E-state index contributed by atoms with van der Waals surface area (Å²) in [5, 5.41) is 6.35. The largest absolute Gasteiger partial charge is 0.416 e. The molecule has 0 radical (unpaired) electrons. The molecule has 34 heavy (non-hydrogen) atoms. The Labute approximate surface area is 200 Å². The standard InChI is InChI=1S/C26H24ClF3N2O2/c1-14-21(24(34)32-18-6-4-5-16(11-18)26(28,29)30)22(15-7-9-17(27)10-8-15)23-19(31-14)12-25(2,3)13-20(23)33/h4-11,22,31H,12-13H2,1-3H3,(H,32,34). The minimum Gasteiger partial charge on any atom is -0.362 e. The number of benzene rings is 2. The van der Waals surface area contributed by atoms with Crippen LogP contribution in [0.1, 0.15) is 50.7 Å². The van der Waals surface area contributed by atoms with E-state index in [2.05, 4.69) is 10.6 Å². The van der Waals surface area contributed by atoms with Crippen LogP contribution in [0.15, 0.2) is 71.1 Å². The molecular weight excluding hydrogens is 465 g/mol. The molecule has 178 valence electrons. The van der Waals surface area contributed by atoms with Crippen molar-refractivity contribution in [1.29, 1.82) is 0 Å². The molecular formula is C26H24ClF3N2O2. The molecule has 0 fully saturated rings. The van der Waals surface area contributed by atoms with E-state index < -0.39 is 23.6 Å². The van der Waals surface area contributed by atoms with Crippen molar-refractivity contribution in [1.82, 2.24) is 5.32 Å². The number of Topliss-reactive ketones (excluding diaryl/α,β-unsaturated/α-hetero) is 1. The number of allylic oxidation sites excluding steroid dienone is 3. The van der Waals surface area contributed by atoms with Gasteiger partial charge in [-0.05, 0) is 54.7 Å². The highest BCUT2D eigenvalue weighted by atomic mass is 35.5. The molecule has 1 unspecified atom stereocenters. The van der Waals surface area contributed by atoms with Gasteiger partial charge in [0.05, 0.1) is 5.56 Å². The summed E-state index contributed by atoms with van der Waals surface area (Å²) in [6.45, 7) is 5.77. The third-order valence-electron chi connectivity index (χ3n) is 6.14. The lowest BCUT2D eigenvalue weighted by Gasteiger charge is -2.39. The van der Waals surface area contributed by atoms with E-state index in [4.69, 9.17) is 11.6 Å². The van der Waals surface area contributed by atoms with Crippen molar-refractivity contribution in [3.63, 3.8) is 0 Å². The Kier molecular flexibility index (Phi) is 6.10. The van der Waals surface area contributed by atoms with Crippen molar-refractivity contribution >= 4 is 29.0 Å². The maximum atomic E-state index is 13.4. The van der Waals surface area contributed by atoms with Crippen molar-refractivity contribution in [2.75, 3.05) is 5.32 Å². The van der Waals surface area contributed by atoms with E-state index in [1.165, 1.54) is 12.1 Å². The number of nitrogens with one attached hydrogen (secondary N) is 2. The first-order chi connectivity index (χ1) is 15.9. The lowest BCUT2D eigenvalue weighted by atomic mass is 9.68. The van der Waals surface area contributed by atoms with Crippen LogP contribution in [0.2, 0.25) is 5.02 Å². The Hall–Kier alpha value is -3.06. The second-order valence-corrected chi connectivity index (χ2v) is 9.95. The molecule has 2 aromatic rings. The summed E-state index contributed by atoms with van der Waals surface area (Å²) in [6, 6.07) is 11.4. The Morgan fingerprint density at radius 2 is 1.79 bits per heavy atom. The maximum Gasteiger partial charge on any atom is 0.416 e. The Morgan fingerprint density at radius 1 is 1.12 bits per heavy atom. The monoisotopic (exact) mass is 488 g/mol. The number of carbonyl (C=O) groups excluding carboxylic acids is 2. The maximum absolute atomic E-state index is 13.4. The molecule has 1 atom stereocenters. The van der Waals surface area contributed by atoms with Crippen LogP contribution < -0.4 is 10.6 Å². The van der Waals surface area contributed by atoms with Gasteiger partial charge in [0, 0.05) is 45.6 Å². The van der Waals surface area contributed by atoms with E-state index in [-0.39, 0.29) is 22.5 Å². The molecule has 2 aliphatic rings. The quantitative estimate of drug-likeness (QED) is 0.511. The second kappa shape index (κ2) is 8.62. The first-order valence-electron chi connectivity index (χ1n) is 10.8. The van der Waals surface area contributed by atoms with E-state index >= 15 is 0 Å². The zero-order valence-electron chi connectivity index (χ0n) is 18.9. The van der Waals surface area contributed by atoms with E-state index in [1.807, 2.05) is 13.8 Å². The number of alkyl halides is 3. The van der Waals surface area contributed by atoms with Gasteiger partial charge in [0.25, 0.3) is 5.91 Å². The SMILES string of the molecule is CC1=C(C(=O)Nc2cccc(C(F)(F)F)c2)C(c2ccc(Cl)cc2)C2=C(CC(C)(C)CC2=O)N1. The van der Waals surface area contributed by atoms with Crippen molar-refractivity contribution in [3.8, 4) is 0 Å². The third kappa shape index (κ3) is 4.75. The van der Waals surface area contributed by atoms with Crippen LogP contribution in [-0.2, 0) is 15.8 Å². The van der Waals surface area contributed by atoms with Crippen LogP contribution in [0.4, 0.5) is 18.9 Å². The first-order valence-corrected chi connectivity index (χ1v) is 11.2. The van der Waals surface area contributed by atoms with Gasteiger partial charge in [0.15, 0.2) is 5.78 Å². The third-order valence-corrected chi connectivity index (χ3v) is 6.39. The zero-order chi connectivity index (χ0) is 24.8. The molecule has 1 amide bonds. The van der Waals surface area contributed by atoms with Gasteiger partial charge in [-0.2, -0.15) is 13.2 Å². The molecule has 0 saturated heterocycles. The molecule has 0 spiro atoms. The van der Waals surface area contributed by atoms with Gasteiger partial charge >= 0.3 is 6.18 Å². The molecule has 4 rings (SSSR count). The van der Waals surface area contributed by atoms with E-state index in [9.17, 15) is 22.8 Å². The summed E-state index contributed by atoms with van der Waals surface area (Å²) in [4.78, 5) is 26.7. The number of amides is 1. The molecule has 1 aliphatic heterocycles. The highest BCUT2D eigenvalue weighted by Crippen LogP contribution is 2.47. The molecule has 2 N–H and O–H groups in total. The van der Waals surface area contributed by atoms with Gasteiger partial charge in [-0.15, -0.1) is 0 Å². The number of hydrogen-bond acceptors (Lipinski definition) is 3. The van der Waals surface area contributed by atoms with Gasteiger partial charge in [0.2, 0.25) is 0 Å². The predicted octanol–water partition coefficient (Wildman–Crippen LogP) is 6.60. The molecule has 1 aliphatic carbocycles. The summed E-state index contributed by atoms with van der Waals surface area (Å²) < 4.78 is 39.4. The molecule has 1 heterocycles. The fraction of sp³-hybridized carbons (Fsp3) is 0.308. The van der Waals surface area contributed by atoms with Crippen molar-refractivity contribution < 1.29 is 22.8 Å². The molecule has 8 heteroatoms. The van der Waals surface area contributed by atoms with Crippen LogP contribution in [0.5, 0.6) is 0 Å². The summed E-state index contributed by atoms with van der Waals surface area (Å²) in [6.07, 6.45) is -3.56. The van der Waals surface area contributed by atoms with Gasteiger partial charge in [-0.25, -0.2) is 0 Å². The second-order valence-electron chi connectivity index (χ2n) is 9.51. The normalized spacial score (nSPS) is 20.1. The van der Waals surface area contributed by atoms with Gasteiger partial charge < -0.3 is 10.6 Å². The van der Waals surface area contributed by atoms with Crippen LogP contribution in [0.25, 0.3) is 0 Å². The van der Waals surface area contributed by atoms with Gasteiger partial charge in [0.1, 0.15) is 0 Å². The smallest absolute Gasteiger partial charge is 0.362 e. The topological polar surface area (TPSA) is 58.2 Å². The minimum atomic E-state index is -4.53. The summed E-state index contributed by atoms with van der Waals surface area (Å²) >= 11 is 6.07. The lowest BCUT2D eigenvalue weighted by Crippen LogP contribution is -2.39. The Bertz CT molecular complexity index is 1230. The number of halogens is 4. The van der Waals surface area contributed by atoms with Crippen LogP contribution >= 0.6 is 11.6 Å².